The summed E-state index contributed by atoms with van der Waals surface area (Å²) in [5, 5.41) is 22.7. The number of fused-ring (bicyclic) bond motifs is 5. The number of anilines is 1. The number of aromatic nitrogens is 2. The van der Waals surface area contributed by atoms with E-state index in [1.54, 1.807) is 29.7 Å². The van der Waals surface area contributed by atoms with Crippen LogP contribution in [0.15, 0.2) is 53.3 Å². The summed E-state index contributed by atoms with van der Waals surface area (Å²) in [4.78, 5) is 81.9. The van der Waals surface area contributed by atoms with Gasteiger partial charge in [-0.15, -0.1) is 0 Å². The van der Waals surface area contributed by atoms with Gasteiger partial charge >= 0.3 is 5.97 Å². The van der Waals surface area contributed by atoms with Crippen molar-refractivity contribution in [2.24, 2.45) is 5.73 Å². The zero-order chi connectivity index (χ0) is 37.4. The van der Waals surface area contributed by atoms with Gasteiger partial charge in [0.25, 0.3) is 5.56 Å². The number of aliphatic hydroxyl groups is 1. The fraction of sp³-hybridized carbons (Fsp3) is 0.342. The summed E-state index contributed by atoms with van der Waals surface area (Å²) in [5.74, 6) is -2.92. The van der Waals surface area contributed by atoms with Crippen LogP contribution in [0.3, 0.4) is 0 Å². The summed E-state index contributed by atoms with van der Waals surface area (Å²) in [5.41, 5.74) is 9.56. The van der Waals surface area contributed by atoms with Gasteiger partial charge in [0, 0.05) is 28.6 Å². The minimum Gasteiger partial charge on any atom is -0.458 e. The van der Waals surface area contributed by atoms with Gasteiger partial charge in [0.05, 0.1) is 48.6 Å². The number of aryl methyl sites for hydroxylation is 2. The SMILES string of the molecule is CC[C@@]1(O)C(=O)OCc2c1cc1n(c2=O)Cc2c-1nc1ccc(NC(=O)CNC(=O)C(Cc3ccccc3)NC(=O)CNC(=O)CN)c3c1c2CCC3. The third kappa shape index (κ3) is 6.53. The van der Waals surface area contributed by atoms with Gasteiger partial charge in [-0.2, -0.15) is 0 Å². The van der Waals surface area contributed by atoms with Crippen LogP contribution in [0.2, 0.25) is 0 Å². The Labute approximate surface area is 303 Å². The topological polar surface area (TPSA) is 224 Å². The minimum absolute atomic E-state index is 0.0495. The Morgan fingerprint density at radius 3 is 2.47 bits per heavy atom. The van der Waals surface area contributed by atoms with Gasteiger partial charge < -0.3 is 41.4 Å². The molecule has 274 valence electrons. The Morgan fingerprint density at radius 1 is 0.962 bits per heavy atom. The molecule has 1 unspecified atom stereocenters. The number of hydrogen-bond donors (Lipinski definition) is 6. The van der Waals surface area contributed by atoms with E-state index >= 15 is 0 Å². The monoisotopic (exact) mass is 721 g/mol. The summed E-state index contributed by atoms with van der Waals surface area (Å²) in [6.07, 6.45) is 2.39. The highest BCUT2D eigenvalue weighted by atomic mass is 16.6. The molecule has 3 aliphatic rings. The predicted molar refractivity (Wildman–Crippen MR) is 192 cm³/mol. The minimum atomic E-state index is -1.92. The largest absolute Gasteiger partial charge is 0.458 e. The van der Waals surface area contributed by atoms with E-state index in [1.807, 2.05) is 30.3 Å². The maximum Gasteiger partial charge on any atom is 0.343 e. The number of hydrogen-bond acceptors (Lipinski definition) is 10. The third-order valence-corrected chi connectivity index (χ3v) is 10.2. The fourth-order valence-corrected chi connectivity index (χ4v) is 7.48. The molecule has 0 bridgehead atoms. The number of nitrogens with two attached hydrogens (primary N) is 1. The molecular weight excluding hydrogens is 682 g/mol. The molecule has 2 aromatic carbocycles. The van der Waals surface area contributed by atoms with Crippen molar-refractivity contribution in [1.29, 1.82) is 0 Å². The molecule has 4 aromatic rings. The summed E-state index contributed by atoms with van der Waals surface area (Å²) >= 11 is 0. The van der Waals surface area contributed by atoms with Crippen LogP contribution in [0.25, 0.3) is 22.3 Å². The first kappa shape index (κ1) is 35.5. The Balaban J connectivity index is 1.11. The van der Waals surface area contributed by atoms with Crippen molar-refractivity contribution in [1.82, 2.24) is 25.5 Å². The second-order valence-electron chi connectivity index (χ2n) is 13.4. The van der Waals surface area contributed by atoms with Crippen molar-refractivity contribution in [2.75, 3.05) is 25.0 Å². The van der Waals surface area contributed by atoms with Crippen LogP contribution in [0.1, 0.15) is 53.1 Å². The number of benzene rings is 2. The summed E-state index contributed by atoms with van der Waals surface area (Å²) < 4.78 is 6.81. The Morgan fingerprint density at radius 2 is 1.72 bits per heavy atom. The van der Waals surface area contributed by atoms with Gasteiger partial charge in [0.1, 0.15) is 12.6 Å². The zero-order valence-electron chi connectivity index (χ0n) is 29.0. The van der Waals surface area contributed by atoms with E-state index in [4.69, 9.17) is 15.5 Å². The summed E-state index contributed by atoms with van der Waals surface area (Å²) in [7, 11) is 0. The van der Waals surface area contributed by atoms with E-state index in [0.29, 0.717) is 29.0 Å². The maximum atomic E-state index is 13.7. The van der Waals surface area contributed by atoms with Gasteiger partial charge in [0.15, 0.2) is 5.60 Å². The number of carbonyl (C=O) groups excluding carboxylic acids is 5. The molecule has 7 N–H and O–H groups in total. The molecule has 0 radical (unpaired) electrons. The van der Waals surface area contributed by atoms with E-state index in [-0.39, 0.29) is 62.3 Å². The first-order valence-corrected chi connectivity index (χ1v) is 17.5. The molecule has 15 heteroatoms. The zero-order valence-corrected chi connectivity index (χ0v) is 29.0. The molecule has 15 nitrogen and oxygen atoms in total. The lowest BCUT2D eigenvalue weighted by atomic mass is 9.85. The highest BCUT2D eigenvalue weighted by molar-refractivity contribution is 6.01. The van der Waals surface area contributed by atoms with Crippen LogP contribution in [-0.4, -0.2) is 69.9 Å². The van der Waals surface area contributed by atoms with Gasteiger partial charge in [-0.05, 0) is 60.6 Å². The molecule has 2 aliphatic heterocycles. The molecule has 0 saturated carbocycles. The smallest absolute Gasteiger partial charge is 0.343 e. The first-order valence-electron chi connectivity index (χ1n) is 17.5. The van der Waals surface area contributed by atoms with Crippen molar-refractivity contribution in [3.8, 4) is 11.4 Å². The van der Waals surface area contributed by atoms with Gasteiger partial charge in [-0.1, -0.05) is 37.3 Å². The van der Waals surface area contributed by atoms with Crippen LogP contribution in [0.5, 0.6) is 0 Å². The number of esters is 1. The van der Waals surface area contributed by atoms with Crippen LogP contribution in [0.4, 0.5) is 5.69 Å². The van der Waals surface area contributed by atoms with Crippen molar-refractivity contribution in [3.05, 3.63) is 92.3 Å². The Hall–Kier alpha value is -5.93. The van der Waals surface area contributed by atoms with Crippen LogP contribution in [0, 0.1) is 0 Å². The van der Waals surface area contributed by atoms with Crippen LogP contribution in [-0.2, 0) is 66.7 Å². The van der Waals surface area contributed by atoms with Gasteiger partial charge in [-0.3, -0.25) is 24.0 Å². The third-order valence-electron chi connectivity index (χ3n) is 10.2. The van der Waals surface area contributed by atoms with E-state index in [1.165, 1.54) is 0 Å². The predicted octanol–water partition coefficient (Wildman–Crippen LogP) is 0.425. The summed E-state index contributed by atoms with van der Waals surface area (Å²) in [6, 6.07) is 13.3. The molecule has 2 aromatic heterocycles. The number of nitrogens with zero attached hydrogens (tertiary/aromatic N) is 2. The highest BCUT2D eigenvalue weighted by Gasteiger charge is 2.45. The van der Waals surface area contributed by atoms with Crippen molar-refractivity contribution in [3.63, 3.8) is 0 Å². The van der Waals surface area contributed by atoms with E-state index in [9.17, 15) is 33.9 Å². The van der Waals surface area contributed by atoms with E-state index < -0.39 is 41.2 Å². The molecule has 4 amide bonds. The standard InChI is InChI=1S/C38H39N7O8/c1-2-38(52)25-14-29-34-23(18-45(29)36(50)24(25)19-53-37(38)51)21-9-6-10-22-26(11-12-27(44-34)33(21)22)42-32(48)17-41-35(49)28(13-20-7-4-3-5-8-20)43-31(47)16-40-30(46)15-39/h3-5,7-8,11-12,14,28,52H,2,6,9-10,13,15-19,39H2,1H3,(H,40,46)(H,41,49)(H,42,48)(H,43,47)/t28?,38-/m0/s1. The number of carbonyl (C=O) groups is 5. The number of cyclic esters (lactones) is 1. The molecule has 4 heterocycles. The quantitative estimate of drug-likeness (QED) is 0.103. The van der Waals surface area contributed by atoms with Gasteiger partial charge in [0.2, 0.25) is 23.6 Å². The Kier molecular flexibility index (Phi) is 9.53. The highest BCUT2D eigenvalue weighted by Crippen LogP contribution is 2.43. The molecular formula is C38H39N7O8. The molecule has 0 fully saturated rings. The van der Waals surface area contributed by atoms with Crippen LogP contribution < -0.4 is 32.6 Å². The Bertz CT molecular complexity index is 2250. The van der Waals surface area contributed by atoms with E-state index in [2.05, 4.69) is 21.3 Å². The number of amides is 4. The second kappa shape index (κ2) is 14.2. The second-order valence-corrected chi connectivity index (χ2v) is 13.4. The molecule has 0 spiro atoms. The lowest BCUT2D eigenvalue weighted by Crippen LogP contribution is -2.51. The van der Waals surface area contributed by atoms with E-state index in [0.717, 1.165) is 40.5 Å². The lowest BCUT2D eigenvalue weighted by molar-refractivity contribution is -0.172. The maximum absolute atomic E-state index is 13.7. The number of nitrogens with one attached hydrogen (secondary N) is 4. The van der Waals surface area contributed by atoms with Crippen molar-refractivity contribution >= 4 is 46.2 Å². The number of ether oxygens (including phenoxy) is 1. The van der Waals surface area contributed by atoms with Crippen molar-refractivity contribution < 1.29 is 33.8 Å². The lowest BCUT2D eigenvalue weighted by Gasteiger charge is -2.31. The van der Waals surface area contributed by atoms with Crippen molar-refractivity contribution in [2.45, 2.75) is 63.8 Å². The normalized spacial score (nSPS) is 17.2. The average Bonchev–Trinajstić information content (AvgIpc) is 3.54. The molecule has 7 rings (SSSR count). The first-order chi connectivity index (χ1) is 25.5. The fourth-order valence-electron chi connectivity index (χ4n) is 7.48. The molecule has 0 saturated heterocycles. The summed E-state index contributed by atoms with van der Waals surface area (Å²) in [6.45, 7) is 0.723. The van der Waals surface area contributed by atoms with Crippen LogP contribution >= 0.6 is 0 Å². The molecule has 53 heavy (non-hydrogen) atoms. The van der Waals surface area contributed by atoms with Gasteiger partial charge in [-0.25, -0.2) is 9.78 Å². The number of rotatable bonds is 11. The molecule has 2 atom stereocenters. The molecule has 1 aliphatic carbocycles. The average molecular weight is 722 g/mol. The number of pyridine rings is 2.